The molecule has 116 valence electrons. The molecule has 0 saturated carbocycles. The van der Waals surface area contributed by atoms with Crippen molar-refractivity contribution in [2.75, 3.05) is 6.54 Å². The molecule has 0 spiro atoms. The second kappa shape index (κ2) is 6.73. The van der Waals surface area contributed by atoms with Gasteiger partial charge in [-0.05, 0) is 48.8 Å². The summed E-state index contributed by atoms with van der Waals surface area (Å²) in [5, 5.41) is 6.67. The van der Waals surface area contributed by atoms with Crippen LogP contribution in [0.5, 0.6) is 0 Å². The molecule has 0 bridgehead atoms. The van der Waals surface area contributed by atoms with Crippen molar-refractivity contribution in [1.82, 2.24) is 10.7 Å². The molecule has 2 aliphatic rings. The second-order valence-electron chi connectivity index (χ2n) is 5.91. The fourth-order valence-electron chi connectivity index (χ4n) is 3.00. The van der Waals surface area contributed by atoms with Gasteiger partial charge in [0.15, 0.2) is 0 Å². The first kappa shape index (κ1) is 14.8. The van der Waals surface area contributed by atoms with Crippen LogP contribution in [0.15, 0.2) is 23.3 Å². The summed E-state index contributed by atoms with van der Waals surface area (Å²) in [7, 11) is 0. The highest BCUT2D eigenvalue weighted by Crippen LogP contribution is 2.22. The van der Waals surface area contributed by atoms with E-state index in [4.69, 9.17) is 0 Å². The minimum Gasteiger partial charge on any atom is -0.351 e. The van der Waals surface area contributed by atoms with Gasteiger partial charge in [-0.1, -0.05) is 18.2 Å². The van der Waals surface area contributed by atoms with Crippen LogP contribution in [0.25, 0.3) is 0 Å². The van der Waals surface area contributed by atoms with E-state index in [1.54, 1.807) is 0 Å². The lowest BCUT2D eigenvalue weighted by molar-refractivity contribution is -0.121. The van der Waals surface area contributed by atoms with Crippen LogP contribution in [-0.2, 0) is 28.9 Å². The molecular weight excluding hydrogens is 278 g/mol. The first-order valence-electron chi connectivity index (χ1n) is 7.96. The number of amides is 2. The maximum Gasteiger partial charge on any atom is 0.267 e. The van der Waals surface area contributed by atoms with E-state index in [1.807, 2.05) is 0 Å². The molecule has 0 aromatic heterocycles. The molecule has 1 aliphatic carbocycles. The Bertz CT molecular complexity index is 622. The lowest BCUT2D eigenvalue weighted by Crippen LogP contribution is -2.37. The van der Waals surface area contributed by atoms with E-state index < -0.39 is 0 Å². The van der Waals surface area contributed by atoms with Gasteiger partial charge in [-0.25, -0.2) is 5.43 Å². The van der Waals surface area contributed by atoms with Gasteiger partial charge in [-0.2, -0.15) is 5.10 Å². The normalized spacial score (nSPS) is 17.3. The SMILES string of the molecule is O=C1CCC(C(=O)NCCc2ccc3c(c2)CCCC3)=NN1. The molecule has 2 N–H and O–H groups in total. The quantitative estimate of drug-likeness (QED) is 0.884. The van der Waals surface area contributed by atoms with Gasteiger partial charge in [-0.15, -0.1) is 0 Å². The Hall–Kier alpha value is -2.17. The largest absolute Gasteiger partial charge is 0.351 e. The number of hydrogen-bond donors (Lipinski definition) is 2. The minimum atomic E-state index is -0.182. The molecule has 0 saturated heterocycles. The van der Waals surface area contributed by atoms with Crippen LogP contribution < -0.4 is 10.7 Å². The summed E-state index contributed by atoms with van der Waals surface area (Å²) < 4.78 is 0. The van der Waals surface area contributed by atoms with Gasteiger partial charge in [0.05, 0.1) is 0 Å². The van der Waals surface area contributed by atoms with Gasteiger partial charge in [0.1, 0.15) is 5.71 Å². The summed E-state index contributed by atoms with van der Waals surface area (Å²) >= 11 is 0. The smallest absolute Gasteiger partial charge is 0.267 e. The molecule has 0 radical (unpaired) electrons. The fraction of sp³-hybridized carbons (Fsp3) is 0.471. The zero-order valence-electron chi connectivity index (χ0n) is 12.7. The summed E-state index contributed by atoms with van der Waals surface area (Å²) in [6.07, 6.45) is 6.50. The fourth-order valence-corrected chi connectivity index (χ4v) is 3.00. The van der Waals surface area contributed by atoms with Crippen molar-refractivity contribution in [1.29, 1.82) is 0 Å². The zero-order valence-corrected chi connectivity index (χ0v) is 12.7. The third-order valence-corrected chi connectivity index (χ3v) is 4.28. The summed E-state index contributed by atoms with van der Waals surface area (Å²) in [5.41, 5.74) is 6.96. The molecule has 0 atom stereocenters. The van der Waals surface area contributed by atoms with E-state index in [0.29, 0.717) is 25.1 Å². The molecule has 1 aliphatic heterocycles. The first-order valence-corrected chi connectivity index (χ1v) is 7.96. The van der Waals surface area contributed by atoms with Gasteiger partial charge in [-0.3, -0.25) is 9.59 Å². The predicted octanol–water partition coefficient (Wildman–Crippen LogP) is 1.49. The van der Waals surface area contributed by atoms with Crippen LogP contribution in [0.4, 0.5) is 0 Å². The molecule has 5 heteroatoms. The number of carbonyl (C=O) groups is 2. The van der Waals surface area contributed by atoms with Gasteiger partial charge in [0.2, 0.25) is 5.91 Å². The standard InChI is InChI=1S/C17H21N3O2/c21-16-8-7-15(19-20-16)17(22)18-10-9-12-5-6-13-3-1-2-4-14(13)11-12/h5-6,11H,1-4,7-10H2,(H,18,22)(H,20,21). The maximum atomic E-state index is 11.9. The van der Waals surface area contributed by atoms with Crippen LogP contribution >= 0.6 is 0 Å². The topological polar surface area (TPSA) is 70.6 Å². The van der Waals surface area contributed by atoms with Crippen LogP contribution in [0.2, 0.25) is 0 Å². The summed E-state index contributed by atoms with van der Waals surface area (Å²) in [6, 6.07) is 6.67. The maximum absolute atomic E-state index is 11.9. The predicted molar refractivity (Wildman–Crippen MR) is 84.6 cm³/mol. The summed E-state index contributed by atoms with van der Waals surface area (Å²) in [4.78, 5) is 22.9. The van der Waals surface area contributed by atoms with Crippen molar-refractivity contribution in [3.05, 3.63) is 34.9 Å². The van der Waals surface area contributed by atoms with E-state index in [1.165, 1.54) is 42.4 Å². The van der Waals surface area contributed by atoms with E-state index in [0.717, 1.165) is 6.42 Å². The van der Waals surface area contributed by atoms with E-state index in [2.05, 4.69) is 34.0 Å². The number of carbonyl (C=O) groups excluding carboxylic acids is 2. The van der Waals surface area contributed by atoms with E-state index in [9.17, 15) is 9.59 Å². The highest BCUT2D eigenvalue weighted by atomic mass is 16.2. The van der Waals surface area contributed by atoms with Crippen molar-refractivity contribution in [3.63, 3.8) is 0 Å². The van der Waals surface area contributed by atoms with Crippen LogP contribution in [0.3, 0.4) is 0 Å². The molecule has 22 heavy (non-hydrogen) atoms. The molecule has 0 fully saturated rings. The summed E-state index contributed by atoms with van der Waals surface area (Å²) in [5.74, 6) is -0.316. The lowest BCUT2D eigenvalue weighted by Gasteiger charge is -2.17. The van der Waals surface area contributed by atoms with Crippen molar-refractivity contribution in [3.8, 4) is 0 Å². The Kier molecular flexibility index (Phi) is 4.51. The molecular formula is C17H21N3O2. The number of hydrogen-bond acceptors (Lipinski definition) is 3. The second-order valence-corrected chi connectivity index (χ2v) is 5.91. The van der Waals surface area contributed by atoms with Gasteiger partial charge in [0, 0.05) is 19.4 Å². The Morgan fingerprint density at radius 1 is 1.14 bits per heavy atom. The Balaban J connectivity index is 1.50. The third kappa shape index (κ3) is 3.53. The van der Waals surface area contributed by atoms with Crippen molar-refractivity contribution in [2.45, 2.75) is 44.9 Å². The Morgan fingerprint density at radius 2 is 1.95 bits per heavy atom. The Morgan fingerprint density at radius 3 is 2.73 bits per heavy atom. The van der Waals surface area contributed by atoms with E-state index in [-0.39, 0.29) is 11.8 Å². The molecule has 1 aromatic carbocycles. The number of fused-ring (bicyclic) bond motifs is 1. The highest BCUT2D eigenvalue weighted by molar-refractivity contribution is 6.39. The first-order chi connectivity index (χ1) is 10.7. The number of nitrogens with one attached hydrogen (secondary N) is 2. The van der Waals surface area contributed by atoms with Gasteiger partial charge < -0.3 is 5.32 Å². The molecule has 1 aromatic rings. The minimum absolute atomic E-state index is 0.134. The third-order valence-electron chi connectivity index (χ3n) is 4.28. The lowest BCUT2D eigenvalue weighted by atomic mass is 9.90. The molecule has 3 rings (SSSR count). The Labute approximate surface area is 130 Å². The summed E-state index contributed by atoms with van der Waals surface area (Å²) in [6.45, 7) is 0.588. The van der Waals surface area contributed by atoms with Crippen LogP contribution in [0.1, 0.15) is 42.4 Å². The number of nitrogens with zero attached hydrogens (tertiary/aromatic N) is 1. The van der Waals surface area contributed by atoms with Crippen molar-refractivity contribution in [2.24, 2.45) is 5.10 Å². The molecule has 2 amide bonds. The zero-order chi connectivity index (χ0) is 15.4. The number of rotatable bonds is 4. The van der Waals surface area contributed by atoms with Crippen molar-refractivity contribution < 1.29 is 9.59 Å². The molecule has 1 heterocycles. The van der Waals surface area contributed by atoms with Crippen LogP contribution in [-0.4, -0.2) is 24.1 Å². The number of benzene rings is 1. The number of aryl methyl sites for hydroxylation is 2. The van der Waals surface area contributed by atoms with Crippen molar-refractivity contribution >= 4 is 17.5 Å². The average molecular weight is 299 g/mol. The van der Waals surface area contributed by atoms with E-state index >= 15 is 0 Å². The van der Waals surface area contributed by atoms with Gasteiger partial charge in [0.25, 0.3) is 5.91 Å². The average Bonchev–Trinajstić information content (AvgIpc) is 2.55. The monoisotopic (exact) mass is 299 g/mol. The van der Waals surface area contributed by atoms with Gasteiger partial charge >= 0.3 is 0 Å². The molecule has 5 nitrogen and oxygen atoms in total. The number of hydrazone groups is 1. The molecule has 0 unspecified atom stereocenters. The van der Waals surface area contributed by atoms with Crippen LogP contribution in [0, 0.1) is 0 Å². The highest BCUT2D eigenvalue weighted by Gasteiger charge is 2.17.